The molecule has 1 rings (SSSR count). The van der Waals surface area contributed by atoms with Crippen molar-refractivity contribution in [3.63, 3.8) is 0 Å². The zero-order chi connectivity index (χ0) is 14.3. The molecule has 0 aromatic heterocycles. The summed E-state index contributed by atoms with van der Waals surface area (Å²) in [6, 6.07) is 7.65. The van der Waals surface area contributed by atoms with E-state index in [1.54, 1.807) is 26.2 Å². The molecule has 1 atom stereocenters. The maximum absolute atomic E-state index is 12.0. The highest BCUT2D eigenvalue weighted by Crippen LogP contribution is 2.19. The van der Waals surface area contributed by atoms with Gasteiger partial charge in [-0.2, -0.15) is 0 Å². The average Bonchev–Trinajstić information content (AvgIpc) is 2.44. The third kappa shape index (κ3) is 4.54. The molecule has 1 aromatic carbocycles. The average molecular weight is 266 g/mol. The summed E-state index contributed by atoms with van der Waals surface area (Å²) in [6.07, 6.45) is 0.0613. The van der Waals surface area contributed by atoms with Crippen LogP contribution in [0.5, 0.6) is 5.75 Å². The summed E-state index contributed by atoms with van der Waals surface area (Å²) < 4.78 is 10.4. The Morgan fingerprint density at radius 3 is 2.63 bits per heavy atom. The van der Waals surface area contributed by atoms with Crippen LogP contribution in [0.15, 0.2) is 24.3 Å². The van der Waals surface area contributed by atoms with Gasteiger partial charge in [-0.05, 0) is 6.07 Å². The van der Waals surface area contributed by atoms with E-state index in [4.69, 9.17) is 15.2 Å². The first kappa shape index (κ1) is 15.5. The maximum atomic E-state index is 12.0. The van der Waals surface area contributed by atoms with Crippen LogP contribution in [0.3, 0.4) is 0 Å². The minimum absolute atomic E-state index is 0.00297. The lowest BCUT2D eigenvalue weighted by molar-refractivity contribution is -0.132. The zero-order valence-corrected chi connectivity index (χ0v) is 11.8. The van der Waals surface area contributed by atoms with E-state index in [-0.39, 0.29) is 12.0 Å². The Morgan fingerprint density at radius 1 is 1.37 bits per heavy atom. The minimum Gasteiger partial charge on any atom is -0.496 e. The number of nitrogens with zero attached hydrogens (tertiary/aromatic N) is 1. The predicted molar refractivity (Wildman–Crippen MR) is 73.9 cm³/mol. The number of amides is 1. The van der Waals surface area contributed by atoms with E-state index in [1.807, 2.05) is 24.3 Å². The fraction of sp³-hybridized carbons (Fsp3) is 0.500. The Bertz CT molecular complexity index is 405. The van der Waals surface area contributed by atoms with Gasteiger partial charge in [-0.1, -0.05) is 18.2 Å². The summed E-state index contributed by atoms with van der Waals surface area (Å²) in [5.41, 5.74) is 6.49. The van der Waals surface area contributed by atoms with Crippen molar-refractivity contribution in [3.8, 4) is 5.75 Å². The molecule has 2 N–H and O–H groups in total. The van der Waals surface area contributed by atoms with Gasteiger partial charge >= 0.3 is 0 Å². The Labute approximate surface area is 114 Å². The van der Waals surface area contributed by atoms with Gasteiger partial charge in [0.25, 0.3) is 0 Å². The third-order valence-corrected chi connectivity index (χ3v) is 3.02. The van der Waals surface area contributed by atoms with E-state index >= 15 is 0 Å². The van der Waals surface area contributed by atoms with E-state index in [1.165, 1.54) is 0 Å². The Hall–Kier alpha value is -1.59. The lowest BCUT2D eigenvalue weighted by atomic mass is 10.1. The van der Waals surface area contributed by atoms with Gasteiger partial charge in [0.2, 0.25) is 5.91 Å². The summed E-state index contributed by atoms with van der Waals surface area (Å²) >= 11 is 0. The number of hydrogen-bond donors (Lipinski definition) is 1. The second kappa shape index (κ2) is 7.76. The number of methoxy groups -OCH3 is 2. The van der Waals surface area contributed by atoms with E-state index in [9.17, 15) is 4.79 Å². The van der Waals surface area contributed by atoms with Crippen molar-refractivity contribution in [2.45, 2.75) is 19.1 Å². The molecule has 1 unspecified atom stereocenters. The first-order valence-corrected chi connectivity index (χ1v) is 6.21. The molecule has 0 saturated carbocycles. The number of nitrogens with two attached hydrogens (primary N) is 1. The molecule has 0 saturated heterocycles. The zero-order valence-electron chi connectivity index (χ0n) is 11.8. The van der Waals surface area contributed by atoms with Crippen LogP contribution >= 0.6 is 0 Å². The molecule has 0 spiro atoms. The number of carbonyl (C=O) groups is 1. The van der Waals surface area contributed by atoms with Gasteiger partial charge in [0.1, 0.15) is 5.75 Å². The predicted octanol–water partition coefficient (Wildman–Crippen LogP) is 1.02. The summed E-state index contributed by atoms with van der Waals surface area (Å²) in [5.74, 6) is 0.785. The normalized spacial score (nSPS) is 12.0. The highest BCUT2D eigenvalue weighted by molar-refractivity contribution is 5.76. The van der Waals surface area contributed by atoms with Gasteiger partial charge in [-0.3, -0.25) is 4.79 Å². The standard InChI is InChI=1S/C14H22N2O3/c1-16(14(17)8-12(9-15)18-2)10-11-6-4-5-7-13(11)19-3/h4-7,12H,8-10,15H2,1-3H3. The summed E-state index contributed by atoms with van der Waals surface area (Å²) in [4.78, 5) is 13.7. The number of benzene rings is 1. The van der Waals surface area contributed by atoms with Crippen LogP contribution in [0.2, 0.25) is 0 Å². The lowest BCUT2D eigenvalue weighted by Crippen LogP contribution is -2.33. The number of carbonyl (C=O) groups excluding carboxylic acids is 1. The van der Waals surface area contributed by atoms with Crippen LogP contribution in [-0.4, -0.2) is 44.7 Å². The SMILES string of the molecule is COc1ccccc1CN(C)C(=O)CC(CN)OC. The fourth-order valence-corrected chi connectivity index (χ4v) is 1.79. The summed E-state index contributed by atoms with van der Waals surface area (Å²) in [5, 5.41) is 0. The van der Waals surface area contributed by atoms with Crippen LogP contribution in [0.4, 0.5) is 0 Å². The lowest BCUT2D eigenvalue weighted by Gasteiger charge is -2.21. The van der Waals surface area contributed by atoms with Gasteiger partial charge in [-0.15, -0.1) is 0 Å². The quantitative estimate of drug-likeness (QED) is 0.800. The molecule has 0 aliphatic rings. The molecular weight excluding hydrogens is 244 g/mol. The molecule has 1 amide bonds. The smallest absolute Gasteiger partial charge is 0.225 e. The molecule has 0 heterocycles. The number of para-hydroxylation sites is 1. The van der Waals surface area contributed by atoms with Crippen LogP contribution in [-0.2, 0) is 16.1 Å². The second-order valence-corrected chi connectivity index (χ2v) is 4.36. The van der Waals surface area contributed by atoms with Gasteiger partial charge < -0.3 is 20.1 Å². The molecule has 0 aliphatic carbocycles. The van der Waals surface area contributed by atoms with Gasteiger partial charge in [0.15, 0.2) is 0 Å². The van der Waals surface area contributed by atoms with E-state index in [0.717, 1.165) is 11.3 Å². The summed E-state index contributed by atoms with van der Waals surface area (Å²) in [7, 11) is 4.94. The van der Waals surface area contributed by atoms with Gasteiger partial charge in [-0.25, -0.2) is 0 Å². The number of ether oxygens (including phenoxy) is 2. The van der Waals surface area contributed by atoms with Crippen molar-refractivity contribution in [1.82, 2.24) is 4.90 Å². The topological polar surface area (TPSA) is 64.8 Å². The van der Waals surface area contributed by atoms with Crippen molar-refractivity contribution in [1.29, 1.82) is 0 Å². The first-order chi connectivity index (χ1) is 9.12. The van der Waals surface area contributed by atoms with Crippen LogP contribution in [0.25, 0.3) is 0 Å². The molecular formula is C14H22N2O3. The molecule has 0 radical (unpaired) electrons. The van der Waals surface area contributed by atoms with E-state index < -0.39 is 0 Å². The monoisotopic (exact) mass is 266 g/mol. The Balaban J connectivity index is 2.63. The van der Waals surface area contributed by atoms with Crippen molar-refractivity contribution < 1.29 is 14.3 Å². The largest absolute Gasteiger partial charge is 0.496 e. The maximum Gasteiger partial charge on any atom is 0.225 e. The van der Waals surface area contributed by atoms with Crippen LogP contribution < -0.4 is 10.5 Å². The van der Waals surface area contributed by atoms with Crippen molar-refractivity contribution >= 4 is 5.91 Å². The number of hydrogen-bond acceptors (Lipinski definition) is 4. The van der Waals surface area contributed by atoms with Crippen LogP contribution in [0, 0.1) is 0 Å². The molecule has 19 heavy (non-hydrogen) atoms. The third-order valence-electron chi connectivity index (χ3n) is 3.02. The molecule has 1 aromatic rings. The fourth-order valence-electron chi connectivity index (χ4n) is 1.79. The van der Waals surface area contributed by atoms with E-state index in [2.05, 4.69) is 0 Å². The molecule has 0 aliphatic heterocycles. The highest BCUT2D eigenvalue weighted by atomic mass is 16.5. The first-order valence-electron chi connectivity index (χ1n) is 6.21. The second-order valence-electron chi connectivity index (χ2n) is 4.36. The molecule has 5 heteroatoms. The Morgan fingerprint density at radius 2 is 2.05 bits per heavy atom. The minimum atomic E-state index is -0.229. The van der Waals surface area contributed by atoms with Gasteiger partial charge in [0, 0.05) is 32.8 Å². The molecule has 0 bridgehead atoms. The highest BCUT2D eigenvalue weighted by Gasteiger charge is 2.16. The Kier molecular flexibility index (Phi) is 6.32. The van der Waals surface area contributed by atoms with Crippen molar-refractivity contribution in [2.24, 2.45) is 5.73 Å². The van der Waals surface area contributed by atoms with E-state index in [0.29, 0.717) is 19.5 Å². The van der Waals surface area contributed by atoms with Crippen molar-refractivity contribution in [3.05, 3.63) is 29.8 Å². The molecule has 106 valence electrons. The number of rotatable bonds is 7. The molecule has 5 nitrogen and oxygen atoms in total. The van der Waals surface area contributed by atoms with Gasteiger partial charge in [0.05, 0.1) is 19.6 Å². The van der Waals surface area contributed by atoms with Crippen LogP contribution in [0.1, 0.15) is 12.0 Å². The molecule has 0 fully saturated rings. The van der Waals surface area contributed by atoms with Crippen molar-refractivity contribution in [2.75, 3.05) is 27.8 Å². The summed E-state index contributed by atoms with van der Waals surface area (Å²) in [6.45, 7) is 0.842.